The van der Waals surface area contributed by atoms with Crippen LogP contribution in [0.15, 0.2) is 48.9 Å². The SMILES string of the molecule is COc1cccc(-c2cc(C(=O)Nc3cnn(C)c3C(=O)NCc3cnn(C)c3)[nH]n2)c1. The molecule has 4 aromatic rings. The number of hydrogen-bond donors (Lipinski definition) is 3. The number of amides is 2. The van der Waals surface area contributed by atoms with E-state index in [0.717, 1.165) is 11.1 Å². The second kappa shape index (κ2) is 8.76. The summed E-state index contributed by atoms with van der Waals surface area (Å²) in [4.78, 5) is 25.5. The first-order chi connectivity index (χ1) is 15.4. The molecule has 4 rings (SSSR count). The number of methoxy groups -OCH3 is 1. The molecule has 11 nitrogen and oxygen atoms in total. The highest BCUT2D eigenvalue weighted by Gasteiger charge is 2.20. The number of nitrogens with zero attached hydrogens (tertiary/aromatic N) is 5. The summed E-state index contributed by atoms with van der Waals surface area (Å²) in [5.41, 5.74) is 3.02. The van der Waals surface area contributed by atoms with Crippen LogP contribution in [0.1, 0.15) is 26.5 Å². The van der Waals surface area contributed by atoms with Crippen molar-refractivity contribution in [3.05, 3.63) is 65.9 Å². The zero-order valence-corrected chi connectivity index (χ0v) is 17.8. The van der Waals surface area contributed by atoms with E-state index in [1.807, 2.05) is 30.5 Å². The first kappa shape index (κ1) is 20.8. The van der Waals surface area contributed by atoms with Crippen LogP contribution in [0.3, 0.4) is 0 Å². The summed E-state index contributed by atoms with van der Waals surface area (Å²) in [7, 11) is 5.02. The minimum Gasteiger partial charge on any atom is -0.497 e. The molecule has 0 aliphatic heterocycles. The predicted molar refractivity (Wildman–Crippen MR) is 116 cm³/mol. The maximum absolute atomic E-state index is 12.8. The Bertz CT molecular complexity index is 1270. The number of ether oxygens (including phenoxy) is 1. The number of anilines is 1. The Morgan fingerprint density at radius 2 is 1.97 bits per heavy atom. The van der Waals surface area contributed by atoms with Gasteiger partial charge in [-0.3, -0.25) is 24.1 Å². The Morgan fingerprint density at radius 3 is 2.72 bits per heavy atom. The van der Waals surface area contributed by atoms with E-state index in [4.69, 9.17) is 4.74 Å². The molecule has 1 aromatic carbocycles. The summed E-state index contributed by atoms with van der Waals surface area (Å²) in [5, 5.41) is 20.6. The molecule has 0 radical (unpaired) electrons. The van der Waals surface area contributed by atoms with Crippen LogP contribution in [-0.2, 0) is 20.6 Å². The van der Waals surface area contributed by atoms with Gasteiger partial charge in [-0.05, 0) is 18.2 Å². The first-order valence-corrected chi connectivity index (χ1v) is 9.73. The van der Waals surface area contributed by atoms with Gasteiger partial charge in [-0.25, -0.2) is 0 Å². The van der Waals surface area contributed by atoms with Crippen LogP contribution in [0.25, 0.3) is 11.3 Å². The fraction of sp³-hybridized carbons (Fsp3) is 0.190. The number of aryl methyl sites for hydroxylation is 2. The van der Waals surface area contributed by atoms with Gasteiger partial charge in [0.25, 0.3) is 11.8 Å². The third kappa shape index (κ3) is 4.36. The lowest BCUT2D eigenvalue weighted by Gasteiger charge is -2.08. The number of H-pyrrole nitrogens is 1. The summed E-state index contributed by atoms with van der Waals surface area (Å²) < 4.78 is 8.29. The van der Waals surface area contributed by atoms with Crippen LogP contribution in [0, 0.1) is 0 Å². The summed E-state index contributed by atoms with van der Waals surface area (Å²) >= 11 is 0. The van der Waals surface area contributed by atoms with Crippen LogP contribution >= 0.6 is 0 Å². The Hall–Kier alpha value is -4.41. The third-order valence-electron chi connectivity index (χ3n) is 4.80. The molecule has 0 aliphatic carbocycles. The first-order valence-electron chi connectivity index (χ1n) is 9.73. The van der Waals surface area contributed by atoms with Gasteiger partial charge in [-0.15, -0.1) is 0 Å². The summed E-state index contributed by atoms with van der Waals surface area (Å²) in [6.07, 6.45) is 4.91. The molecule has 0 aliphatic rings. The van der Waals surface area contributed by atoms with Crippen LogP contribution in [0.5, 0.6) is 5.75 Å². The molecule has 0 fully saturated rings. The van der Waals surface area contributed by atoms with Crippen molar-refractivity contribution in [2.24, 2.45) is 14.1 Å². The van der Waals surface area contributed by atoms with Gasteiger partial charge in [0.1, 0.15) is 17.1 Å². The molecule has 2 amide bonds. The smallest absolute Gasteiger partial charge is 0.273 e. The Labute approximate surface area is 183 Å². The highest BCUT2D eigenvalue weighted by molar-refractivity contribution is 6.07. The van der Waals surface area contributed by atoms with Gasteiger partial charge in [-0.2, -0.15) is 15.3 Å². The van der Waals surface area contributed by atoms with Gasteiger partial charge in [0.05, 0.1) is 30.9 Å². The van der Waals surface area contributed by atoms with E-state index < -0.39 is 5.91 Å². The van der Waals surface area contributed by atoms with E-state index in [9.17, 15) is 9.59 Å². The van der Waals surface area contributed by atoms with Crippen molar-refractivity contribution in [2.75, 3.05) is 12.4 Å². The van der Waals surface area contributed by atoms with Gasteiger partial charge in [0.2, 0.25) is 0 Å². The minimum atomic E-state index is -0.444. The van der Waals surface area contributed by atoms with Gasteiger partial charge in [-0.1, -0.05) is 12.1 Å². The van der Waals surface area contributed by atoms with Crippen molar-refractivity contribution in [2.45, 2.75) is 6.54 Å². The number of aromatic amines is 1. The molecule has 0 bridgehead atoms. The van der Waals surface area contributed by atoms with Crippen molar-refractivity contribution in [3.63, 3.8) is 0 Å². The van der Waals surface area contributed by atoms with Gasteiger partial charge in [0.15, 0.2) is 0 Å². The summed E-state index contributed by atoms with van der Waals surface area (Å²) in [6.45, 7) is 0.301. The maximum atomic E-state index is 12.8. The lowest BCUT2D eigenvalue weighted by atomic mass is 10.1. The van der Waals surface area contributed by atoms with E-state index in [1.54, 1.807) is 38.2 Å². The van der Waals surface area contributed by atoms with Gasteiger partial charge in [0, 0.05) is 38.0 Å². The standard InChI is InChI=1S/C21H22N8O3/c1-28-12-13(10-23-28)9-22-21(31)19-18(11-24-29(19)2)25-20(30)17-8-16(26-27-17)14-5-4-6-15(7-14)32-3/h4-8,10-12H,9H2,1-3H3,(H,22,31)(H,25,30)(H,26,27). The predicted octanol–water partition coefficient (Wildman–Crippen LogP) is 1.73. The molecule has 164 valence electrons. The minimum absolute atomic E-state index is 0.231. The lowest BCUT2D eigenvalue weighted by Crippen LogP contribution is -2.26. The van der Waals surface area contributed by atoms with E-state index in [0.29, 0.717) is 23.7 Å². The van der Waals surface area contributed by atoms with Gasteiger partial charge >= 0.3 is 0 Å². The van der Waals surface area contributed by atoms with E-state index in [2.05, 4.69) is 31.0 Å². The summed E-state index contributed by atoms with van der Waals surface area (Å²) in [5.74, 6) is -0.124. The highest BCUT2D eigenvalue weighted by Crippen LogP contribution is 2.23. The topological polar surface area (TPSA) is 132 Å². The molecular weight excluding hydrogens is 412 g/mol. The lowest BCUT2D eigenvalue weighted by molar-refractivity contribution is 0.0942. The number of nitrogens with one attached hydrogen (secondary N) is 3. The average Bonchev–Trinajstić information content (AvgIpc) is 3.52. The molecule has 11 heteroatoms. The maximum Gasteiger partial charge on any atom is 0.273 e. The fourth-order valence-electron chi connectivity index (χ4n) is 3.19. The van der Waals surface area contributed by atoms with Crippen molar-refractivity contribution in [1.29, 1.82) is 0 Å². The number of hydrogen-bond acceptors (Lipinski definition) is 6. The van der Waals surface area contributed by atoms with E-state index >= 15 is 0 Å². The molecular formula is C21H22N8O3. The molecule has 0 unspecified atom stereocenters. The summed E-state index contributed by atoms with van der Waals surface area (Å²) in [6, 6.07) is 8.99. The second-order valence-corrected chi connectivity index (χ2v) is 7.09. The monoisotopic (exact) mass is 434 g/mol. The van der Waals surface area contributed by atoms with Gasteiger partial charge < -0.3 is 15.4 Å². The van der Waals surface area contributed by atoms with Crippen LogP contribution in [0.2, 0.25) is 0 Å². The Kier molecular flexibility index (Phi) is 5.71. The average molecular weight is 434 g/mol. The van der Waals surface area contributed by atoms with Crippen molar-refractivity contribution < 1.29 is 14.3 Å². The molecule has 0 spiro atoms. The second-order valence-electron chi connectivity index (χ2n) is 7.09. The number of carbonyl (C=O) groups is 2. The molecule has 3 aromatic heterocycles. The number of benzene rings is 1. The van der Waals surface area contributed by atoms with Crippen molar-refractivity contribution >= 4 is 17.5 Å². The fourth-order valence-corrected chi connectivity index (χ4v) is 3.19. The Morgan fingerprint density at radius 1 is 1.12 bits per heavy atom. The van der Waals surface area contributed by atoms with Crippen molar-refractivity contribution in [3.8, 4) is 17.0 Å². The van der Waals surface area contributed by atoms with Crippen LogP contribution in [0.4, 0.5) is 5.69 Å². The van der Waals surface area contributed by atoms with Crippen molar-refractivity contribution in [1.82, 2.24) is 35.1 Å². The van der Waals surface area contributed by atoms with E-state index in [-0.39, 0.29) is 17.3 Å². The number of rotatable bonds is 7. The molecule has 3 heterocycles. The highest BCUT2D eigenvalue weighted by atomic mass is 16.5. The molecule has 3 N–H and O–H groups in total. The number of carbonyl (C=O) groups excluding carboxylic acids is 2. The third-order valence-corrected chi connectivity index (χ3v) is 4.80. The molecule has 0 saturated carbocycles. The quantitative estimate of drug-likeness (QED) is 0.406. The van der Waals surface area contributed by atoms with E-state index in [1.165, 1.54) is 10.9 Å². The zero-order chi connectivity index (χ0) is 22.7. The van der Waals surface area contributed by atoms with Crippen LogP contribution in [-0.4, -0.2) is 48.7 Å². The molecule has 0 atom stereocenters. The Balaban J connectivity index is 1.47. The number of aromatic nitrogens is 6. The largest absolute Gasteiger partial charge is 0.497 e. The van der Waals surface area contributed by atoms with Crippen LogP contribution < -0.4 is 15.4 Å². The normalized spacial score (nSPS) is 10.7. The zero-order valence-electron chi connectivity index (χ0n) is 17.8. The molecule has 0 saturated heterocycles. The molecule has 32 heavy (non-hydrogen) atoms.